The fourth-order valence-corrected chi connectivity index (χ4v) is 3.55. The van der Waals surface area contributed by atoms with Crippen molar-refractivity contribution in [1.82, 2.24) is 0 Å². The van der Waals surface area contributed by atoms with Crippen molar-refractivity contribution in [3.8, 4) is 0 Å². The summed E-state index contributed by atoms with van der Waals surface area (Å²) < 4.78 is 26.3. The molecule has 0 spiro atoms. The Labute approximate surface area is 158 Å². The zero-order valence-electron chi connectivity index (χ0n) is 16.5. The quantitative estimate of drug-likeness (QED) is 0.285. The first-order valence-corrected chi connectivity index (χ1v) is 11.3. The number of unbranched alkanes of at least 4 members (excludes halogenated alkanes) is 7. The SMILES string of the molecule is CC1=C(C)C(=O)C(CCCCCCCCCCOS(C)(=O)=O)=C(C)C1=O. The second-order valence-electron chi connectivity index (χ2n) is 7.12. The van der Waals surface area contributed by atoms with Gasteiger partial charge in [0.1, 0.15) is 0 Å². The molecule has 0 aromatic heterocycles. The van der Waals surface area contributed by atoms with E-state index in [-0.39, 0.29) is 18.2 Å². The van der Waals surface area contributed by atoms with Gasteiger partial charge in [0.15, 0.2) is 11.6 Å². The molecule has 0 saturated heterocycles. The summed E-state index contributed by atoms with van der Waals surface area (Å²) in [7, 11) is -3.31. The molecule has 0 aliphatic heterocycles. The van der Waals surface area contributed by atoms with Crippen LogP contribution in [0.3, 0.4) is 0 Å². The van der Waals surface area contributed by atoms with Crippen molar-refractivity contribution in [2.45, 2.75) is 78.6 Å². The summed E-state index contributed by atoms with van der Waals surface area (Å²) in [6.07, 6.45) is 9.93. The van der Waals surface area contributed by atoms with Crippen molar-refractivity contribution in [3.05, 3.63) is 22.3 Å². The minimum atomic E-state index is -3.31. The maximum absolute atomic E-state index is 12.3. The topological polar surface area (TPSA) is 77.5 Å². The van der Waals surface area contributed by atoms with Gasteiger partial charge in [0, 0.05) is 22.3 Å². The van der Waals surface area contributed by atoms with Gasteiger partial charge in [-0.3, -0.25) is 13.8 Å². The van der Waals surface area contributed by atoms with E-state index in [1.165, 1.54) is 0 Å². The average Bonchev–Trinajstić information content (AvgIpc) is 2.57. The van der Waals surface area contributed by atoms with E-state index in [2.05, 4.69) is 0 Å². The molecule has 0 aromatic carbocycles. The van der Waals surface area contributed by atoms with Crippen LogP contribution in [0.5, 0.6) is 0 Å². The minimum absolute atomic E-state index is 0.0111. The van der Waals surface area contributed by atoms with E-state index in [1.54, 1.807) is 20.8 Å². The molecule has 0 aromatic rings. The molecule has 0 amide bonds. The number of Topliss-reactive ketones (excluding diaryl/α,β-unsaturated/α-hetero) is 2. The second kappa shape index (κ2) is 10.8. The summed E-state index contributed by atoms with van der Waals surface area (Å²) >= 11 is 0. The van der Waals surface area contributed by atoms with Gasteiger partial charge in [0.2, 0.25) is 0 Å². The van der Waals surface area contributed by atoms with Crippen LogP contribution in [0.4, 0.5) is 0 Å². The lowest BCUT2D eigenvalue weighted by molar-refractivity contribution is -0.116. The summed E-state index contributed by atoms with van der Waals surface area (Å²) in [6.45, 7) is 5.50. The van der Waals surface area contributed by atoms with Gasteiger partial charge in [-0.1, -0.05) is 38.5 Å². The molecule has 1 aliphatic carbocycles. The van der Waals surface area contributed by atoms with Crippen LogP contribution in [-0.2, 0) is 23.9 Å². The molecule has 0 unspecified atom stereocenters. The monoisotopic (exact) mass is 384 g/mol. The van der Waals surface area contributed by atoms with E-state index in [0.717, 1.165) is 57.6 Å². The fraction of sp³-hybridized carbons (Fsp3) is 0.700. The van der Waals surface area contributed by atoms with E-state index in [0.29, 0.717) is 28.7 Å². The van der Waals surface area contributed by atoms with E-state index in [1.807, 2.05) is 0 Å². The molecular formula is C20H32O5S. The van der Waals surface area contributed by atoms with Gasteiger partial charge in [-0.25, -0.2) is 0 Å². The van der Waals surface area contributed by atoms with Gasteiger partial charge in [0.25, 0.3) is 10.1 Å². The lowest BCUT2D eigenvalue weighted by Gasteiger charge is -2.18. The third-order valence-corrected chi connectivity index (χ3v) is 5.52. The number of ketones is 2. The molecule has 5 nitrogen and oxygen atoms in total. The van der Waals surface area contributed by atoms with Crippen molar-refractivity contribution < 1.29 is 22.2 Å². The molecule has 0 N–H and O–H groups in total. The maximum atomic E-state index is 12.3. The number of allylic oxidation sites excluding steroid dienone is 4. The molecule has 0 saturated carbocycles. The normalized spacial score (nSPS) is 16.0. The van der Waals surface area contributed by atoms with Crippen LogP contribution in [0.2, 0.25) is 0 Å². The molecule has 0 fully saturated rings. The van der Waals surface area contributed by atoms with Crippen molar-refractivity contribution in [2.75, 3.05) is 12.9 Å². The van der Waals surface area contributed by atoms with Crippen LogP contribution in [0.15, 0.2) is 22.3 Å². The zero-order chi connectivity index (χ0) is 19.7. The Morgan fingerprint density at radius 2 is 1.15 bits per heavy atom. The Hall–Kier alpha value is -1.27. The third-order valence-electron chi connectivity index (χ3n) is 4.93. The number of carbonyl (C=O) groups is 2. The highest BCUT2D eigenvalue weighted by molar-refractivity contribution is 7.85. The van der Waals surface area contributed by atoms with Crippen LogP contribution < -0.4 is 0 Å². The highest BCUT2D eigenvalue weighted by atomic mass is 32.2. The maximum Gasteiger partial charge on any atom is 0.264 e. The van der Waals surface area contributed by atoms with Gasteiger partial charge in [-0.15, -0.1) is 0 Å². The van der Waals surface area contributed by atoms with Gasteiger partial charge in [-0.2, -0.15) is 8.42 Å². The zero-order valence-corrected chi connectivity index (χ0v) is 17.3. The third kappa shape index (κ3) is 7.54. The summed E-state index contributed by atoms with van der Waals surface area (Å²) in [4.78, 5) is 24.4. The van der Waals surface area contributed by atoms with Gasteiger partial charge in [0.05, 0.1) is 12.9 Å². The van der Waals surface area contributed by atoms with Crippen LogP contribution >= 0.6 is 0 Å². The highest BCUT2D eigenvalue weighted by Crippen LogP contribution is 2.27. The molecule has 0 radical (unpaired) electrons. The number of carbonyl (C=O) groups excluding carboxylic acids is 2. The van der Waals surface area contributed by atoms with Crippen molar-refractivity contribution in [2.24, 2.45) is 0 Å². The molecule has 1 aliphatic rings. The van der Waals surface area contributed by atoms with Crippen LogP contribution in [-0.4, -0.2) is 32.8 Å². The number of hydrogen-bond donors (Lipinski definition) is 0. The first-order valence-electron chi connectivity index (χ1n) is 9.46. The second-order valence-corrected chi connectivity index (χ2v) is 8.76. The van der Waals surface area contributed by atoms with Crippen molar-refractivity contribution in [1.29, 1.82) is 0 Å². The summed E-state index contributed by atoms with van der Waals surface area (Å²) in [6, 6.07) is 0. The molecule has 0 heterocycles. The van der Waals surface area contributed by atoms with E-state index in [9.17, 15) is 18.0 Å². The Morgan fingerprint density at radius 3 is 1.69 bits per heavy atom. The molecular weight excluding hydrogens is 352 g/mol. The molecule has 1 rings (SSSR count). The molecule has 148 valence electrons. The molecule has 0 bridgehead atoms. The number of rotatable bonds is 12. The average molecular weight is 385 g/mol. The first-order chi connectivity index (χ1) is 12.1. The first kappa shape index (κ1) is 22.8. The molecule has 0 atom stereocenters. The van der Waals surface area contributed by atoms with E-state index >= 15 is 0 Å². The van der Waals surface area contributed by atoms with Crippen LogP contribution in [0.25, 0.3) is 0 Å². The van der Waals surface area contributed by atoms with Crippen molar-refractivity contribution in [3.63, 3.8) is 0 Å². The molecule has 26 heavy (non-hydrogen) atoms. The summed E-state index contributed by atoms with van der Waals surface area (Å²) in [5, 5.41) is 0. The Bertz CT molecular complexity index is 683. The Balaban J connectivity index is 2.13. The van der Waals surface area contributed by atoms with Crippen molar-refractivity contribution >= 4 is 21.7 Å². The summed E-state index contributed by atoms with van der Waals surface area (Å²) in [5.74, 6) is 0.0489. The highest BCUT2D eigenvalue weighted by Gasteiger charge is 2.26. The standard InChI is InChI=1S/C20H32O5S/c1-15-16(2)20(22)18(17(3)19(15)21)13-11-9-7-5-6-8-10-12-14-25-26(4,23)24/h5-14H2,1-4H3. The predicted molar refractivity (Wildman–Crippen MR) is 103 cm³/mol. The minimum Gasteiger partial charge on any atom is -0.289 e. The molecule has 6 heteroatoms. The lowest BCUT2D eigenvalue weighted by atomic mass is 9.84. The predicted octanol–water partition coefficient (Wildman–Crippen LogP) is 4.28. The summed E-state index contributed by atoms with van der Waals surface area (Å²) in [5.41, 5.74) is 2.49. The lowest BCUT2D eigenvalue weighted by Crippen LogP contribution is -2.20. The van der Waals surface area contributed by atoms with E-state index in [4.69, 9.17) is 4.18 Å². The largest absolute Gasteiger partial charge is 0.289 e. The van der Waals surface area contributed by atoms with Crippen LogP contribution in [0.1, 0.15) is 78.6 Å². The van der Waals surface area contributed by atoms with E-state index < -0.39 is 10.1 Å². The van der Waals surface area contributed by atoms with Gasteiger partial charge >= 0.3 is 0 Å². The van der Waals surface area contributed by atoms with Crippen LogP contribution in [0, 0.1) is 0 Å². The Morgan fingerprint density at radius 1 is 0.692 bits per heavy atom. The van der Waals surface area contributed by atoms with Gasteiger partial charge < -0.3 is 0 Å². The number of hydrogen-bond acceptors (Lipinski definition) is 5. The van der Waals surface area contributed by atoms with Gasteiger partial charge in [-0.05, 0) is 40.0 Å². The fourth-order valence-electron chi connectivity index (χ4n) is 3.13. The Kier molecular flexibility index (Phi) is 9.44. The smallest absolute Gasteiger partial charge is 0.264 e.